The second-order valence-corrected chi connectivity index (χ2v) is 8.12. The van der Waals surface area contributed by atoms with Crippen molar-refractivity contribution in [2.24, 2.45) is 0 Å². The Kier molecular flexibility index (Phi) is 7.26. The van der Waals surface area contributed by atoms with Crippen LogP contribution in [0.4, 0.5) is 0 Å². The Morgan fingerprint density at radius 3 is 1.94 bits per heavy atom. The van der Waals surface area contributed by atoms with Gasteiger partial charge in [0.1, 0.15) is 6.10 Å². The van der Waals surface area contributed by atoms with Gasteiger partial charge in [-0.2, -0.15) is 0 Å². The first-order valence-electron chi connectivity index (χ1n) is 11.4. The molecule has 2 heterocycles. The highest BCUT2D eigenvalue weighted by Crippen LogP contribution is 2.35. The smallest absolute Gasteiger partial charge is 0.338 e. The monoisotopic (exact) mass is 478 g/mol. The molecule has 1 aliphatic rings. The van der Waals surface area contributed by atoms with Crippen LogP contribution in [0.1, 0.15) is 52.8 Å². The molecule has 1 unspecified atom stereocenters. The molecule has 2 aromatic carbocycles. The number of aromatic amines is 1. The van der Waals surface area contributed by atoms with Crippen molar-refractivity contribution in [2.45, 2.75) is 51.2 Å². The molecule has 35 heavy (non-hydrogen) atoms. The molecule has 1 fully saturated rings. The van der Waals surface area contributed by atoms with Gasteiger partial charge in [-0.05, 0) is 37.1 Å². The molecule has 1 N–H and O–H groups in total. The number of rotatable bonds is 7. The quantitative estimate of drug-likeness (QED) is 0.519. The molecule has 0 radical (unpaired) electrons. The molecule has 4 rings (SSSR count). The molecule has 1 aliphatic heterocycles. The number of hydrogen-bond donors (Lipinski definition) is 1. The van der Waals surface area contributed by atoms with E-state index in [9.17, 15) is 19.2 Å². The van der Waals surface area contributed by atoms with E-state index in [4.69, 9.17) is 14.2 Å². The Labute approximate surface area is 201 Å². The van der Waals surface area contributed by atoms with Gasteiger partial charge in [0.15, 0.2) is 18.4 Å². The van der Waals surface area contributed by atoms with Gasteiger partial charge in [-0.25, -0.2) is 14.4 Å². The van der Waals surface area contributed by atoms with E-state index < -0.39 is 47.7 Å². The molecule has 0 amide bonds. The van der Waals surface area contributed by atoms with Crippen molar-refractivity contribution < 1.29 is 23.8 Å². The Bertz CT molecular complexity index is 1300. The molecule has 182 valence electrons. The maximum Gasteiger partial charge on any atom is 0.338 e. The average Bonchev–Trinajstić information content (AvgIpc) is 3.21. The minimum absolute atomic E-state index is 0.294. The summed E-state index contributed by atoms with van der Waals surface area (Å²) in [6, 6.07) is 16.8. The highest BCUT2D eigenvalue weighted by Gasteiger charge is 2.50. The average molecular weight is 479 g/mol. The van der Waals surface area contributed by atoms with Crippen LogP contribution in [-0.2, 0) is 20.6 Å². The van der Waals surface area contributed by atoms with Gasteiger partial charge in [0.2, 0.25) is 0 Å². The fourth-order valence-corrected chi connectivity index (χ4v) is 4.03. The lowest BCUT2D eigenvalue weighted by Crippen LogP contribution is -2.42. The number of carbonyl (C=O) groups is 2. The lowest BCUT2D eigenvalue weighted by atomic mass is 10.1. The van der Waals surface area contributed by atoms with E-state index in [0.717, 1.165) is 0 Å². The Morgan fingerprint density at radius 2 is 1.43 bits per heavy atom. The number of hydrogen-bond acceptors (Lipinski definition) is 7. The SMILES string of the molecule is CCc1cn([C@@H]2O[C@H](CC)[C@H](OC(=O)c3ccccc3)C2OC(=O)c2ccccc2)c(=O)[nH]c1=O. The van der Waals surface area contributed by atoms with Gasteiger partial charge in [-0.15, -0.1) is 0 Å². The second-order valence-electron chi connectivity index (χ2n) is 8.12. The van der Waals surface area contributed by atoms with Crippen LogP contribution in [0.25, 0.3) is 0 Å². The molecule has 3 aromatic rings. The summed E-state index contributed by atoms with van der Waals surface area (Å²) in [5.74, 6) is -1.27. The predicted molar refractivity (Wildman–Crippen MR) is 126 cm³/mol. The van der Waals surface area contributed by atoms with Crippen molar-refractivity contribution in [1.29, 1.82) is 0 Å². The van der Waals surface area contributed by atoms with Crippen LogP contribution in [0.3, 0.4) is 0 Å². The van der Waals surface area contributed by atoms with Gasteiger partial charge in [0, 0.05) is 11.8 Å². The second kappa shape index (κ2) is 10.5. The summed E-state index contributed by atoms with van der Waals surface area (Å²) in [4.78, 5) is 53.0. The maximum absolute atomic E-state index is 13.0. The normalized spacial score (nSPS) is 21.4. The first-order chi connectivity index (χ1) is 16.9. The Morgan fingerprint density at radius 1 is 0.886 bits per heavy atom. The van der Waals surface area contributed by atoms with E-state index in [-0.39, 0.29) is 0 Å². The minimum atomic E-state index is -1.14. The van der Waals surface area contributed by atoms with E-state index in [1.54, 1.807) is 67.6 Å². The first kappa shape index (κ1) is 24.2. The predicted octanol–water partition coefficient (Wildman–Crippen LogP) is 2.86. The highest BCUT2D eigenvalue weighted by atomic mass is 16.6. The zero-order valence-corrected chi connectivity index (χ0v) is 19.4. The Balaban J connectivity index is 1.73. The van der Waals surface area contributed by atoms with Crippen LogP contribution in [0.5, 0.6) is 0 Å². The summed E-state index contributed by atoms with van der Waals surface area (Å²) < 4.78 is 18.9. The number of carbonyl (C=O) groups excluding carboxylic acids is 2. The first-order valence-corrected chi connectivity index (χ1v) is 11.4. The third-order valence-electron chi connectivity index (χ3n) is 5.89. The molecule has 9 nitrogen and oxygen atoms in total. The summed E-state index contributed by atoms with van der Waals surface area (Å²) in [5, 5.41) is 0. The number of nitrogens with zero attached hydrogens (tertiary/aromatic N) is 1. The van der Waals surface area contributed by atoms with Crippen molar-refractivity contribution in [3.05, 3.63) is 104 Å². The van der Waals surface area contributed by atoms with Crippen LogP contribution in [0, 0.1) is 0 Å². The molecule has 0 bridgehead atoms. The van der Waals surface area contributed by atoms with Gasteiger partial charge in [-0.1, -0.05) is 50.2 Å². The van der Waals surface area contributed by atoms with E-state index in [1.807, 2.05) is 6.92 Å². The third-order valence-corrected chi connectivity index (χ3v) is 5.89. The molecule has 4 atom stereocenters. The molecular weight excluding hydrogens is 452 g/mol. The van der Waals surface area contributed by atoms with Gasteiger partial charge in [0.25, 0.3) is 5.56 Å². The van der Waals surface area contributed by atoms with Crippen molar-refractivity contribution in [3.63, 3.8) is 0 Å². The van der Waals surface area contributed by atoms with Crippen LogP contribution in [0.2, 0.25) is 0 Å². The summed E-state index contributed by atoms with van der Waals surface area (Å²) in [5.41, 5.74) is -0.235. The molecule has 0 spiro atoms. The minimum Gasteiger partial charge on any atom is -0.452 e. The van der Waals surface area contributed by atoms with E-state index >= 15 is 0 Å². The largest absolute Gasteiger partial charge is 0.452 e. The summed E-state index contributed by atoms with van der Waals surface area (Å²) in [6.45, 7) is 3.61. The molecule has 9 heteroatoms. The van der Waals surface area contributed by atoms with Crippen LogP contribution >= 0.6 is 0 Å². The number of aryl methyl sites for hydroxylation is 1. The number of aromatic nitrogens is 2. The number of esters is 2. The van der Waals surface area contributed by atoms with E-state index in [0.29, 0.717) is 29.5 Å². The van der Waals surface area contributed by atoms with E-state index in [1.165, 1.54) is 10.8 Å². The van der Waals surface area contributed by atoms with Crippen LogP contribution in [-0.4, -0.2) is 39.8 Å². The van der Waals surface area contributed by atoms with Gasteiger partial charge >= 0.3 is 17.6 Å². The lowest BCUT2D eigenvalue weighted by Gasteiger charge is -2.25. The fourth-order valence-electron chi connectivity index (χ4n) is 4.03. The van der Waals surface area contributed by atoms with Crippen molar-refractivity contribution in [2.75, 3.05) is 0 Å². The van der Waals surface area contributed by atoms with Crippen LogP contribution in [0.15, 0.2) is 76.4 Å². The number of benzene rings is 2. The van der Waals surface area contributed by atoms with Gasteiger partial charge < -0.3 is 14.2 Å². The van der Waals surface area contributed by atoms with Gasteiger partial charge in [0.05, 0.1) is 11.1 Å². The summed E-state index contributed by atoms with van der Waals surface area (Å²) >= 11 is 0. The third kappa shape index (κ3) is 5.09. The van der Waals surface area contributed by atoms with Crippen molar-refractivity contribution in [3.8, 4) is 0 Å². The lowest BCUT2D eigenvalue weighted by molar-refractivity contribution is -0.0527. The molecule has 1 saturated heterocycles. The summed E-state index contributed by atoms with van der Waals surface area (Å²) in [6.07, 6.45) is -1.73. The van der Waals surface area contributed by atoms with Crippen LogP contribution < -0.4 is 11.2 Å². The number of H-pyrrole nitrogens is 1. The fraction of sp³-hybridized carbons (Fsp3) is 0.308. The zero-order chi connectivity index (χ0) is 24.9. The highest BCUT2D eigenvalue weighted by molar-refractivity contribution is 5.90. The van der Waals surface area contributed by atoms with Crippen molar-refractivity contribution >= 4 is 11.9 Å². The molecule has 0 aliphatic carbocycles. The van der Waals surface area contributed by atoms with E-state index in [2.05, 4.69) is 4.98 Å². The molecule has 0 saturated carbocycles. The maximum atomic E-state index is 13.0. The standard InChI is InChI=1S/C26H26N2O7/c1-3-16-15-28(26(32)27-22(16)29)23-21(35-25(31)18-13-9-6-10-14-18)20(19(4-2)33-23)34-24(30)17-11-7-5-8-12-17/h5-15,19-21,23H,3-4H2,1-2H3,(H,27,29,32)/t19-,20+,21?,23-/m1/s1. The number of ether oxygens (including phenoxy) is 3. The van der Waals surface area contributed by atoms with Gasteiger partial charge in [-0.3, -0.25) is 14.3 Å². The Hall–Kier alpha value is -3.98. The summed E-state index contributed by atoms with van der Waals surface area (Å²) in [7, 11) is 0. The topological polar surface area (TPSA) is 117 Å². The van der Waals surface area contributed by atoms with Crippen molar-refractivity contribution in [1.82, 2.24) is 9.55 Å². The number of nitrogens with one attached hydrogen (secondary N) is 1. The molecular formula is C26H26N2O7. The molecule has 1 aromatic heterocycles. The zero-order valence-electron chi connectivity index (χ0n) is 19.4.